The molecule has 0 fully saturated rings. The van der Waals surface area contributed by atoms with Gasteiger partial charge in [-0.1, -0.05) is 0 Å². The lowest BCUT2D eigenvalue weighted by atomic mass is 9.94. The second kappa shape index (κ2) is 3.40. The zero-order valence-corrected chi connectivity index (χ0v) is 7.22. The van der Waals surface area contributed by atoms with Crippen molar-refractivity contribution in [2.45, 2.75) is 12.5 Å². The van der Waals surface area contributed by atoms with Crippen molar-refractivity contribution >= 4 is 0 Å². The minimum Gasteiger partial charge on any atom is -0.394 e. The zero-order chi connectivity index (χ0) is 10.1. The molecule has 0 amide bonds. The van der Waals surface area contributed by atoms with Crippen LogP contribution in [-0.4, -0.2) is 11.7 Å². The third-order valence-electron chi connectivity index (χ3n) is 1.85. The van der Waals surface area contributed by atoms with Crippen LogP contribution in [0, 0.1) is 11.6 Å². The average Bonchev–Trinajstić information content (AvgIpc) is 2.02. The van der Waals surface area contributed by atoms with Crippen LogP contribution in [0.2, 0.25) is 0 Å². The molecule has 0 bridgehead atoms. The summed E-state index contributed by atoms with van der Waals surface area (Å²) in [4.78, 5) is 0. The van der Waals surface area contributed by atoms with Crippen LogP contribution in [0.4, 0.5) is 8.78 Å². The first kappa shape index (κ1) is 10.1. The van der Waals surface area contributed by atoms with Crippen LogP contribution in [0.3, 0.4) is 0 Å². The summed E-state index contributed by atoms with van der Waals surface area (Å²) in [7, 11) is 0. The van der Waals surface area contributed by atoms with Gasteiger partial charge < -0.3 is 10.8 Å². The van der Waals surface area contributed by atoms with Gasteiger partial charge in [-0.15, -0.1) is 0 Å². The Balaban J connectivity index is 3.15. The lowest BCUT2D eigenvalue weighted by Gasteiger charge is -2.22. The number of hydrogen-bond donors (Lipinski definition) is 2. The molecule has 0 aliphatic heterocycles. The van der Waals surface area contributed by atoms with E-state index < -0.39 is 17.2 Å². The highest BCUT2D eigenvalue weighted by atomic mass is 19.1. The highest BCUT2D eigenvalue weighted by Crippen LogP contribution is 2.19. The van der Waals surface area contributed by atoms with E-state index in [2.05, 4.69) is 0 Å². The van der Waals surface area contributed by atoms with Crippen LogP contribution >= 0.6 is 0 Å². The van der Waals surface area contributed by atoms with Gasteiger partial charge in [-0.3, -0.25) is 0 Å². The van der Waals surface area contributed by atoms with Gasteiger partial charge in [0, 0.05) is 6.07 Å². The standard InChI is InChI=1S/C9H11F2NO/c1-9(12,5-13)6-2-7(10)4-8(11)3-6/h2-4,13H,5,12H2,1H3/t9-/m0/s1. The number of halogens is 2. The summed E-state index contributed by atoms with van der Waals surface area (Å²) in [5.74, 6) is -1.39. The van der Waals surface area contributed by atoms with Crippen LogP contribution in [-0.2, 0) is 5.54 Å². The third kappa shape index (κ3) is 2.23. The summed E-state index contributed by atoms with van der Waals surface area (Å²) in [6, 6.07) is 2.98. The van der Waals surface area contributed by atoms with E-state index in [0.717, 1.165) is 18.2 Å². The number of hydrogen-bond acceptors (Lipinski definition) is 2. The van der Waals surface area contributed by atoms with Crippen molar-refractivity contribution in [3.8, 4) is 0 Å². The molecule has 0 unspecified atom stereocenters. The van der Waals surface area contributed by atoms with E-state index in [1.807, 2.05) is 0 Å². The van der Waals surface area contributed by atoms with E-state index in [1.165, 1.54) is 6.92 Å². The SMILES string of the molecule is C[C@](N)(CO)c1cc(F)cc(F)c1. The van der Waals surface area contributed by atoms with Crippen molar-refractivity contribution < 1.29 is 13.9 Å². The fourth-order valence-corrected chi connectivity index (χ4v) is 0.975. The molecule has 1 rings (SSSR count). The number of aliphatic hydroxyl groups is 1. The van der Waals surface area contributed by atoms with Gasteiger partial charge in [0.05, 0.1) is 12.1 Å². The molecule has 0 aromatic heterocycles. The van der Waals surface area contributed by atoms with Crippen LogP contribution in [0.15, 0.2) is 18.2 Å². The minimum absolute atomic E-state index is 0.243. The molecule has 0 heterocycles. The fraction of sp³-hybridized carbons (Fsp3) is 0.333. The Labute approximate surface area is 75.0 Å². The highest BCUT2D eigenvalue weighted by molar-refractivity contribution is 5.25. The quantitative estimate of drug-likeness (QED) is 0.729. The Bertz CT molecular complexity index is 292. The Hall–Kier alpha value is -1.00. The maximum absolute atomic E-state index is 12.7. The maximum Gasteiger partial charge on any atom is 0.126 e. The van der Waals surface area contributed by atoms with Crippen LogP contribution < -0.4 is 5.73 Å². The molecule has 0 saturated heterocycles. The fourth-order valence-electron chi connectivity index (χ4n) is 0.975. The molecule has 0 aliphatic carbocycles. The summed E-state index contributed by atoms with van der Waals surface area (Å²) in [5, 5.41) is 8.86. The molecule has 4 heteroatoms. The second-order valence-electron chi connectivity index (χ2n) is 3.23. The van der Waals surface area contributed by atoms with E-state index in [4.69, 9.17) is 10.8 Å². The van der Waals surface area contributed by atoms with Crippen molar-refractivity contribution in [1.29, 1.82) is 0 Å². The minimum atomic E-state index is -1.11. The molecule has 2 nitrogen and oxygen atoms in total. The van der Waals surface area contributed by atoms with Crippen LogP contribution in [0.25, 0.3) is 0 Å². The van der Waals surface area contributed by atoms with Gasteiger partial charge in [0.1, 0.15) is 11.6 Å². The van der Waals surface area contributed by atoms with E-state index in [0.29, 0.717) is 0 Å². The molecule has 1 atom stereocenters. The van der Waals surface area contributed by atoms with Crippen LogP contribution in [0.5, 0.6) is 0 Å². The molecule has 1 aromatic carbocycles. The number of rotatable bonds is 2. The van der Waals surface area contributed by atoms with Crippen molar-refractivity contribution in [1.82, 2.24) is 0 Å². The van der Waals surface area contributed by atoms with E-state index in [1.54, 1.807) is 0 Å². The second-order valence-corrected chi connectivity index (χ2v) is 3.23. The van der Waals surface area contributed by atoms with Crippen molar-refractivity contribution in [3.63, 3.8) is 0 Å². The van der Waals surface area contributed by atoms with Gasteiger partial charge in [-0.25, -0.2) is 8.78 Å². The largest absolute Gasteiger partial charge is 0.394 e. The lowest BCUT2D eigenvalue weighted by Crippen LogP contribution is -2.37. The third-order valence-corrected chi connectivity index (χ3v) is 1.85. The Morgan fingerprint density at radius 2 is 1.77 bits per heavy atom. The molecule has 1 aromatic rings. The predicted octanol–water partition coefficient (Wildman–Crippen LogP) is 1.13. The Kier molecular flexibility index (Phi) is 2.63. The molecule has 13 heavy (non-hydrogen) atoms. The van der Waals surface area contributed by atoms with Gasteiger partial charge in [0.2, 0.25) is 0 Å². The van der Waals surface area contributed by atoms with Gasteiger partial charge in [-0.2, -0.15) is 0 Å². The molecular weight excluding hydrogens is 176 g/mol. The maximum atomic E-state index is 12.7. The van der Waals surface area contributed by atoms with Crippen LogP contribution in [0.1, 0.15) is 12.5 Å². The average molecular weight is 187 g/mol. The highest BCUT2D eigenvalue weighted by Gasteiger charge is 2.21. The summed E-state index contributed by atoms with van der Waals surface area (Å²) >= 11 is 0. The number of benzene rings is 1. The normalized spacial score (nSPS) is 15.5. The van der Waals surface area contributed by atoms with Crippen molar-refractivity contribution in [2.24, 2.45) is 5.73 Å². The first-order valence-corrected chi connectivity index (χ1v) is 3.82. The Morgan fingerprint density at radius 1 is 1.31 bits per heavy atom. The smallest absolute Gasteiger partial charge is 0.126 e. The topological polar surface area (TPSA) is 46.2 Å². The van der Waals surface area contributed by atoms with Gasteiger partial charge in [0.25, 0.3) is 0 Å². The molecule has 72 valence electrons. The Morgan fingerprint density at radius 3 is 2.15 bits per heavy atom. The molecule has 0 saturated carbocycles. The molecule has 0 aliphatic rings. The lowest BCUT2D eigenvalue weighted by molar-refractivity contribution is 0.209. The number of nitrogens with two attached hydrogens (primary N) is 1. The summed E-state index contributed by atoms with van der Waals surface area (Å²) in [6.45, 7) is 1.14. The molecule has 0 radical (unpaired) electrons. The molecular formula is C9H11F2NO. The summed E-state index contributed by atoms with van der Waals surface area (Å²) in [6.07, 6.45) is 0. The van der Waals surface area contributed by atoms with Crippen molar-refractivity contribution in [3.05, 3.63) is 35.4 Å². The van der Waals surface area contributed by atoms with E-state index in [-0.39, 0.29) is 12.2 Å². The number of aliphatic hydroxyl groups excluding tert-OH is 1. The summed E-state index contributed by atoms with van der Waals surface area (Å²) in [5.41, 5.74) is 4.73. The predicted molar refractivity (Wildman–Crippen MR) is 45.0 cm³/mol. The molecule has 3 N–H and O–H groups in total. The van der Waals surface area contributed by atoms with Crippen molar-refractivity contribution in [2.75, 3.05) is 6.61 Å². The molecule has 0 spiro atoms. The van der Waals surface area contributed by atoms with Gasteiger partial charge >= 0.3 is 0 Å². The van der Waals surface area contributed by atoms with E-state index in [9.17, 15) is 8.78 Å². The monoisotopic (exact) mass is 187 g/mol. The first-order chi connectivity index (χ1) is 5.95. The summed E-state index contributed by atoms with van der Waals surface area (Å²) < 4.78 is 25.4. The zero-order valence-electron chi connectivity index (χ0n) is 7.22. The van der Waals surface area contributed by atoms with Gasteiger partial charge in [0.15, 0.2) is 0 Å². The van der Waals surface area contributed by atoms with E-state index >= 15 is 0 Å². The first-order valence-electron chi connectivity index (χ1n) is 3.82. The van der Waals surface area contributed by atoms with Gasteiger partial charge in [-0.05, 0) is 24.6 Å².